The van der Waals surface area contributed by atoms with Crippen molar-refractivity contribution in [3.63, 3.8) is 0 Å². The minimum atomic E-state index is 0.706. The van der Waals surface area contributed by atoms with E-state index < -0.39 is 0 Å². The van der Waals surface area contributed by atoms with Crippen molar-refractivity contribution in [3.8, 4) is 0 Å². The first-order chi connectivity index (χ1) is 5.41. The second-order valence-electron chi connectivity index (χ2n) is 2.20. The van der Waals surface area contributed by atoms with E-state index >= 15 is 0 Å². The molecule has 0 heterocycles. The van der Waals surface area contributed by atoms with Crippen LogP contribution in [0.4, 0.5) is 0 Å². The molecule has 0 aromatic rings. The van der Waals surface area contributed by atoms with E-state index in [0.29, 0.717) is 13.2 Å². The summed E-state index contributed by atoms with van der Waals surface area (Å²) in [4.78, 5) is 0. The summed E-state index contributed by atoms with van der Waals surface area (Å²) in [5, 5.41) is 3.96. The first-order valence-electron chi connectivity index (χ1n) is 4.13. The zero-order chi connectivity index (χ0) is 8.36. The normalized spacial score (nSPS) is 10.4. The molecule has 0 aliphatic heterocycles. The molecule has 0 aromatic heterocycles. The standard InChI is InChI=1S/C8H18NO2/c1-3-10-7-8-11-6-4-5-9-2/h3-8H2,1-2H3/q-1. The molecule has 3 nitrogen and oxygen atoms in total. The van der Waals surface area contributed by atoms with E-state index in [1.165, 1.54) is 0 Å². The summed E-state index contributed by atoms with van der Waals surface area (Å²) < 4.78 is 10.3. The summed E-state index contributed by atoms with van der Waals surface area (Å²) in [7, 11) is 1.82. The molecule has 0 atom stereocenters. The molecule has 3 heteroatoms. The second kappa shape index (κ2) is 9.88. The molecule has 0 bridgehead atoms. The Balaban J connectivity index is 2.69. The van der Waals surface area contributed by atoms with Gasteiger partial charge in [0.2, 0.25) is 0 Å². The van der Waals surface area contributed by atoms with Crippen LogP contribution < -0.4 is 0 Å². The summed E-state index contributed by atoms with van der Waals surface area (Å²) >= 11 is 0. The molecule has 0 fully saturated rings. The van der Waals surface area contributed by atoms with Gasteiger partial charge in [0.05, 0.1) is 13.2 Å². The number of hydrogen-bond donors (Lipinski definition) is 0. The first-order valence-corrected chi connectivity index (χ1v) is 4.13. The molecule has 0 rings (SSSR count). The zero-order valence-corrected chi connectivity index (χ0v) is 7.51. The third-order valence-corrected chi connectivity index (χ3v) is 1.25. The highest BCUT2D eigenvalue weighted by Gasteiger charge is 1.85. The topological polar surface area (TPSA) is 32.6 Å². The summed E-state index contributed by atoms with van der Waals surface area (Å²) in [6.45, 7) is 5.86. The van der Waals surface area contributed by atoms with Gasteiger partial charge in [-0.15, -0.1) is 6.54 Å². The Labute approximate surface area is 69.1 Å². The average molecular weight is 160 g/mol. The summed E-state index contributed by atoms with van der Waals surface area (Å²) in [6.07, 6.45) is 1.02. The van der Waals surface area contributed by atoms with Crippen molar-refractivity contribution in [2.45, 2.75) is 13.3 Å². The zero-order valence-electron chi connectivity index (χ0n) is 7.51. The first kappa shape index (κ1) is 10.9. The van der Waals surface area contributed by atoms with E-state index in [2.05, 4.69) is 5.32 Å². The van der Waals surface area contributed by atoms with E-state index in [0.717, 1.165) is 26.2 Å². The van der Waals surface area contributed by atoms with Crippen LogP contribution >= 0.6 is 0 Å². The molecule has 0 N–H and O–H groups in total. The monoisotopic (exact) mass is 160 g/mol. The fourth-order valence-electron chi connectivity index (χ4n) is 0.689. The highest BCUT2D eigenvalue weighted by molar-refractivity contribution is 4.67. The molecular weight excluding hydrogens is 142 g/mol. The number of hydrogen-bond acceptors (Lipinski definition) is 2. The lowest BCUT2D eigenvalue weighted by Crippen LogP contribution is -2.05. The molecule has 0 radical (unpaired) electrons. The van der Waals surface area contributed by atoms with Crippen LogP contribution in [-0.4, -0.2) is 40.0 Å². The maximum absolute atomic E-state index is 5.25. The average Bonchev–Trinajstić information content (AvgIpc) is 2.03. The van der Waals surface area contributed by atoms with Crippen LogP contribution in [0.15, 0.2) is 0 Å². The Hall–Kier alpha value is -0.120. The van der Waals surface area contributed by atoms with Gasteiger partial charge in [0.1, 0.15) is 0 Å². The summed E-state index contributed by atoms with van der Waals surface area (Å²) in [5.74, 6) is 0. The van der Waals surface area contributed by atoms with E-state index in [9.17, 15) is 0 Å². The predicted molar refractivity (Wildman–Crippen MR) is 46.1 cm³/mol. The van der Waals surface area contributed by atoms with E-state index in [-0.39, 0.29) is 0 Å². The third kappa shape index (κ3) is 9.88. The Bertz CT molecular complexity index is 61.1. The molecule has 0 saturated heterocycles. The van der Waals surface area contributed by atoms with Gasteiger partial charge in [-0.1, -0.05) is 0 Å². The van der Waals surface area contributed by atoms with Crippen LogP contribution in [0.5, 0.6) is 0 Å². The molecule has 0 aromatic carbocycles. The van der Waals surface area contributed by atoms with Crippen LogP contribution in [0.25, 0.3) is 5.32 Å². The minimum Gasteiger partial charge on any atom is -0.665 e. The van der Waals surface area contributed by atoms with Gasteiger partial charge in [-0.05, 0) is 13.3 Å². The fourth-order valence-corrected chi connectivity index (χ4v) is 0.689. The van der Waals surface area contributed by atoms with Gasteiger partial charge in [-0.2, -0.15) is 7.05 Å². The highest BCUT2D eigenvalue weighted by Crippen LogP contribution is 1.87. The van der Waals surface area contributed by atoms with Crippen LogP contribution in [0.3, 0.4) is 0 Å². The molecule has 0 spiro atoms. The van der Waals surface area contributed by atoms with Gasteiger partial charge in [-0.3, -0.25) is 0 Å². The van der Waals surface area contributed by atoms with Crippen molar-refractivity contribution in [2.24, 2.45) is 0 Å². The van der Waals surface area contributed by atoms with Crippen molar-refractivity contribution >= 4 is 0 Å². The van der Waals surface area contributed by atoms with Gasteiger partial charge in [-0.25, -0.2) is 0 Å². The van der Waals surface area contributed by atoms with Gasteiger partial charge in [0.25, 0.3) is 0 Å². The third-order valence-electron chi connectivity index (χ3n) is 1.25. The lowest BCUT2D eigenvalue weighted by Gasteiger charge is -2.10. The van der Waals surface area contributed by atoms with Gasteiger partial charge in [0, 0.05) is 13.2 Å². The summed E-state index contributed by atoms with van der Waals surface area (Å²) in [6, 6.07) is 0. The summed E-state index contributed by atoms with van der Waals surface area (Å²) in [5.41, 5.74) is 0. The van der Waals surface area contributed by atoms with Crippen LogP contribution in [0.2, 0.25) is 0 Å². The van der Waals surface area contributed by atoms with Crippen molar-refractivity contribution in [3.05, 3.63) is 5.32 Å². The largest absolute Gasteiger partial charge is 0.665 e. The van der Waals surface area contributed by atoms with E-state index in [1.807, 2.05) is 14.0 Å². The van der Waals surface area contributed by atoms with Gasteiger partial charge in [0.15, 0.2) is 0 Å². The lowest BCUT2D eigenvalue weighted by molar-refractivity contribution is 0.0529. The Morgan fingerprint density at radius 1 is 1.09 bits per heavy atom. The van der Waals surface area contributed by atoms with Gasteiger partial charge < -0.3 is 14.8 Å². The van der Waals surface area contributed by atoms with Gasteiger partial charge >= 0.3 is 0 Å². The number of nitrogens with zero attached hydrogens (tertiary/aromatic N) is 1. The van der Waals surface area contributed by atoms with Crippen molar-refractivity contribution in [1.29, 1.82) is 0 Å². The molecule has 0 aliphatic rings. The molecule has 0 aliphatic carbocycles. The van der Waals surface area contributed by atoms with Crippen molar-refractivity contribution in [2.75, 3.05) is 40.0 Å². The highest BCUT2D eigenvalue weighted by atomic mass is 16.5. The predicted octanol–water partition coefficient (Wildman–Crippen LogP) is 1.43. The minimum absolute atomic E-state index is 0.706. The SMILES string of the molecule is CCOCCOCCC[N-]C. The Morgan fingerprint density at radius 2 is 1.82 bits per heavy atom. The number of rotatable bonds is 8. The smallest absolute Gasteiger partial charge is 0.0700 e. The molecule has 0 unspecified atom stereocenters. The molecule has 11 heavy (non-hydrogen) atoms. The molecule has 0 amide bonds. The maximum atomic E-state index is 5.25. The van der Waals surface area contributed by atoms with E-state index in [4.69, 9.17) is 9.47 Å². The van der Waals surface area contributed by atoms with Crippen LogP contribution in [0.1, 0.15) is 13.3 Å². The van der Waals surface area contributed by atoms with E-state index in [1.54, 1.807) is 0 Å². The Kier molecular flexibility index (Phi) is 9.77. The van der Waals surface area contributed by atoms with Crippen LogP contribution in [-0.2, 0) is 9.47 Å². The lowest BCUT2D eigenvalue weighted by atomic mass is 10.4. The Morgan fingerprint density at radius 3 is 2.45 bits per heavy atom. The number of ether oxygens (including phenoxy) is 2. The molecule has 0 saturated carbocycles. The molecular formula is C8H18NO2-. The quantitative estimate of drug-likeness (QED) is 0.503. The molecule has 68 valence electrons. The second-order valence-corrected chi connectivity index (χ2v) is 2.20. The van der Waals surface area contributed by atoms with Crippen LogP contribution in [0, 0.1) is 0 Å². The van der Waals surface area contributed by atoms with Crippen molar-refractivity contribution < 1.29 is 9.47 Å². The maximum Gasteiger partial charge on any atom is 0.0700 e. The fraction of sp³-hybridized carbons (Fsp3) is 1.00. The van der Waals surface area contributed by atoms with Crippen molar-refractivity contribution in [1.82, 2.24) is 0 Å².